The molecule has 130 valence electrons. The average molecular weight is 352 g/mol. The summed E-state index contributed by atoms with van der Waals surface area (Å²) < 4.78 is 9.95. The molecular formula is C16H20N2O5S. The molecule has 0 bridgehead atoms. The molecule has 1 fully saturated rings. The normalized spacial score (nSPS) is 13.7. The maximum Gasteiger partial charge on any atom is 0.326 e. The van der Waals surface area contributed by atoms with Crippen LogP contribution in [0, 0.1) is 0 Å². The molecule has 1 aliphatic heterocycles. The average Bonchev–Trinajstić information content (AvgIpc) is 2.98. The van der Waals surface area contributed by atoms with E-state index in [1.54, 1.807) is 7.11 Å². The topological polar surface area (TPSA) is 84.9 Å². The molecule has 1 aliphatic rings. The number of esters is 1. The van der Waals surface area contributed by atoms with Crippen molar-refractivity contribution in [2.45, 2.75) is 6.42 Å². The third kappa shape index (κ3) is 5.77. The van der Waals surface area contributed by atoms with Gasteiger partial charge in [0.05, 0.1) is 7.11 Å². The van der Waals surface area contributed by atoms with Crippen molar-refractivity contribution in [2.24, 2.45) is 0 Å². The lowest BCUT2D eigenvalue weighted by Crippen LogP contribution is -2.34. The number of hydrogen-bond acceptors (Lipinski definition) is 6. The molecule has 2 rings (SSSR count). The van der Waals surface area contributed by atoms with Crippen molar-refractivity contribution in [3.63, 3.8) is 0 Å². The van der Waals surface area contributed by atoms with Crippen molar-refractivity contribution >= 4 is 28.9 Å². The molecule has 1 aromatic rings. The molecule has 1 aromatic carbocycles. The number of rotatable bonds is 8. The molecule has 0 unspecified atom stereocenters. The number of methoxy groups -OCH3 is 1. The van der Waals surface area contributed by atoms with Gasteiger partial charge in [0.2, 0.25) is 0 Å². The molecule has 1 N–H and O–H groups in total. The number of carbonyl (C=O) groups is 3. The molecule has 1 saturated heterocycles. The van der Waals surface area contributed by atoms with Crippen LogP contribution in [0.25, 0.3) is 0 Å². The highest BCUT2D eigenvalue weighted by Crippen LogP contribution is 2.16. The van der Waals surface area contributed by atoms with E-state index in [9.17, 15) is 14.4 Å². The Morgan fingerprint density at radius 3 is 2.67 bits per heavy atom. The maximum atomic E-state index is 11.6. The lowest BCUT2D eigenvalue weighted by Gasteiger charge is -2.13. The number of ether oxygens (including phenoxy) is 2. The summed E-state index contributed by atoms with van der Waals surface area (Å²) in [5.74, 6) is 0.525. The number of nitrogens with zero attached hydrogens (tertiary/aromatic N) is 1. The van der Waals surface area contributed by atoms with Gasteiger partial charge in [-0.05, 0) is 24.1 Å². The van der Waals surface area contributed by atoms with Crippen molar-refractivity contribution in [1.82, 2.24) is 10.2 Å². The molecule has 8 heteroatoms. The fourth-order valence-electron chi connectivity index (χ4n) is 2.11. The highest BCUT2D eigenvalue weighted by atomic mass is 32.2. The largest absolute Gasteiger partial charge is 0.497 e. The van der Waals surface area contributed by atoms with Crippen LogP contribution in [0.15, 0.2) is 24.3 Å². The Balaban J connectivity index is 1.60. The number of thioether (sulfide) groups is 1. The summed E-state index contributed by atoms with van der Waals surface area (Å²) in [7, 11) is 1.61. The van der Waals surface area contributed by atoms with Gasteiger partial charge in [0, 0.05) is 18.8 Å². The molecule has 0 aromatic heterocycles. The molecule has 2 amide bonds. The summed E-state index contributed by atoms with van der Waals surface area (Å²) in [6.07, 6.45) is 0.670. The Labute approximate surface area is 144 Å². The van der Waals surface area contributed by atoms with Gasteiger partial charge in [-0.1, -0.05) is 23.9 Å². The van der Waals surface area contributed by atoms with Gasteiger partial charge in [-0.2, -0.15) is 0 Å². The van der Waals surface area contributed by atoms with Crippen LogP contribution in [0.4, 0.5) is 4.79 Å². The van der Waals surface area contributed by atoms with Crippen LogP contribution >= 0.6 is 11.8 Å². The zero-order valence-corrected chi connectivity index (χ0v) is 14.3. The minimum absolute atomic E-state index is 0.106. The first-order valence-corrected chi connectivity index (χ1v) is 8.54. The summed E-state index contributed by atoms with van der Waals surface area (Å²) >= 11 is 1.18. The third-order valence-corrected chi connectivity index (χ3v) is 4.32. The van der Waals surface area contributed by atoms with Gasteiger partial charge >= 0.3 is 5.97 Å². The summed E-state index contributed by atoms with van der Waals surface area (Å²) in [6.45, 7) is 0.540. The lowest BCUT2D eigenvalue weighted by atomic mass is 10.1. The van der Waals surface area contributed by atoms with E-state index in [0.717, 1.165) is 11.3 Å². The first-order valence-electron chi connectivity index (χ1n) is 7.55. The van der Waals surface area contributed by atoms with Gasteiger partial charge in [0.25, 0.3) is 11.1 Å². The lowest BCUT2D eigenvalue weighted by molar-refractivity contribution is -0.148. The van der Waals surface area contributed by atoms with Crippen molar-refractivity contribution in [2.75, 3.05) is 39.1 Å². The number of amides is 2. The molecule has 1 heterocycles. The van der Waals surface area contributed by atoms with Crippen molar-refractivity contribution in [3.8, 4) is 5.75 Å². The van der Waals surface area contributed by atoms with E-state index in [1.165, 1.54) is 16.7 Å². The SMILES string of the molecule is COc1ccc(CCNC(=O)COC(=O)CN2CCSC2=O)cc1. The first kappa shape index (κ1) is 18.1. The van der Waals surface area contributed by atoms with Crippen LogP contribution in [0.2, 0.25) is 0 Å². The van der Waals surface area contributed by atoms with Crippen LogP contribution < -0.4 is 10.1 Å². The Morgan fingerprint density at radius 2 is 2.04 bits per heavy atom. The van der Waals surface area contributed by atoms with Crippen LogP contribution in [0.3, 0.4) is 0 Å². The molecule has 0 atom stereocenters. The second-order valence-corrected chi connectivity index (χ2v) is 6.19. The molecule has 7 nitrogen and oxygen atoms in total. The van der Waals surface area contributed by atoms with Gasteiger partial charge in [0.1, 0.15) is 12.3 Å². The number of nitrogens with one attached hydrogen (secondary N) is 1. The second kappa shape index (κ2) is 9.17. The minimum Gasteiger partial charge on any atom is -0.497 e. The first-order chi connectivity index (χ1) is 11.6. The van der Waals surface area contributed by atoms with Gasteiger partial charge < -0.3 is 19.7 Å². The predicted octanol–water partition coefficient (Wildman–Crippen LogP) is 1.07. The Bertz CT molecular complexity index is 591. The smallest absolute Gasteiger partial charge is 0.326 e. The van der Waals surface area contributed by atoms with Gasteiger partial charge in [-0.25, -0.2) is 0 Å². The summed E-state index contributed by atoms with van der Waals surface area (Å²) in [5.41, 5.74) is 1.07. The van der Waals surface area contributed by atoms with Crippen molar-refractivity contribution in [3.05, 3.63) is 29.8 Å². The van der Waals surface area contributed by atoms with E-state index < -0.39 is 5.97 Å². The maximum absolute atomic E-state index is 11.6. The zero-order chi connectivity index (χ0) is 17.4. The molecule has 0 aliphatic carbocycles. The van der Waals surface area contributed by atoms with E-state index >= 15 is 0 Å². The van der Waals surface area contributed by atoms with Crippen LogP contribution in [-0.4, -0.2) is 61.1 Å². The van der Waals surface area contributed by atoms with Crippen molar-refractivity contribution in [1.29, 1.82) is 0 Å². The Kier molecular flexibility index (Phi) is 6.92. The van der Waals surface area contributed by atoms with Gasteiger partial charge in [-0.15, -0.1) is 0 Å². The molecule has 0 radical (unpaired) electrons. The predicted molar refractivity (Wildman–Crippen MR) is 90.1 cm³/mol. The van der Waals surface area contributed by atoms with Crippen molar-refractivity contribution < 1.29 is 23.9 Å². The number of carbonyl (C=O) groups excluding carboxylic acids is 3. The summed E-state index contributed by atoms with van der Waals surface area (Å²) in [5, 5.41) is 2.56. The zero-order valence-electron chi connectivity index (χ0n) is 13.4. The standard InChI is InChI=1S/C16H20N2O5S/c1-22-13-4-2-12(3-5-13)6-7-17-14(19)11-23-15(20)10-18-8-9-24-16(18)21/h2-5H,6-11H2,1H3,(H,17,19). The van der Waals surface area contributed by atoms with Gasteiger partial charge in [0.15, 0.2) is 6.61 Å². The second-order valence-electron chi connectivity index (χ2n) is 5.14. The van der Waals surface area contributed by atoms with Gasteiger partial charge in [-0.3, -0.25) is 14.4 Å². The highest BCUT2D eigenvalue weighted by Gasteiger charge is 2.24. The third-order valence-electron chi connectivity index (χ3n) is 3.42. The number of hydrogen-bond donors (Lipinski definition) is 1. The van der Waals surface area contributed by atoms with E-state index in [0.29, 0.717) is 25.3 Å². The highest BCUT2D eigenvalue weighted by molar-refractivity contribution is 8.13. The van der Waals surface area contributed by atoms with Crippen LogP contribution in [0.1, 0.15) is 5.56 Å². The molecule has 0 spiro atoms. The summed E-state index contributed by atoms with van der Waals surface area (Å²) in [6, 6.07) is 7.57. The minimum atomic E-state index is -0.573. The Morgan fingerprint density at radius 1 is 1.29 bits per heavy atom. The van der Waals surface area contributed by atoms with E-state index in [4.69, 9.17) is 9.47 Å². The fourth-order valence-corrected chi connectivity index (χ4v) is 2.93. The Hall–Kier alpha value is -2.22. The van der Waals surface area contributed by atoms with E-state index in [-0.39, 0.29) is 24.3 Å². The molecule has 0 saturated carbocycles. The molecular weight excluding hydrogens is 332 g/mol. The van der Waals surface area contributed by atoms with E-state index in [2.05, 4.69) is 5.32 Å². The summed E-state index contributed by atoms with van der Waals surface area (Å²) in [4.78, 5) is 36.0. The molecule has 24 heavy (non-hydrogen) atoms. The van der Waals surface area contributed by atoms with Crippen LogP contribution in [-0.2, 0) is 20.7 Å². The van der Waals surface area contributed by atoms with E-state index in [1.807, 2.05) is 24.3 Å². The number of benzene rings is 1. The quantitative estimate of drug-likeness (QED) is 0.705. The van der Waals surface area contributed by atoms with Crippen LogP contribution in [0.5, 0.6) is 5.75 Å². The fraction of sp³-hybridized carbons (Fsp3) is 0.438. The monoisotopic (exact) mass is 352 g/mol.